The first-order valence-corrected chi connectivity index (χ1v) is 8.19. The summed E-state index contributed by atoms with van der Waals surface area (Å²) in [6.45, 7) is 2.85. The van der Waals surface area contributed by atoms with Gasteiger partial charge >= 0.3 is 5.69 Å². The molecule has 0 aliphatic heterocycles. The Morgan fingerprint density at radius 1 is 1.20 bits per heavy atom. The number of ether oxygens (including phenoxy) is 1. The van der Waals surface area contributed by atoms with E-state index in [1.807, 2.05) is 37.3 Å². The Labute approximate surface area is 145 Å². The Morgan fingerprint density at radius 2 is 1.92 bits per heavy atom. The molecule has 0 spiro atoms. The molecule has 1 amide bonds. The van der Waals surface area contributed by atoms with Gasteiger partial charge in [0.1, 0.15) is 6.54 Å². The second-order valence-corrected chi connectivity index (χ2v) is 5.75. The van der Waals surface area contributed by atoms with Gasteiger partial charge in [-0.15, -0.1) is 0 Å². The summed E-state index contributed by atoms with van der Waals surface area (Å²) < 4.78 is 7.90. The molecule has 0 bridgehead atoms. The summed E-state index contributed by atoms with van der Waals surface area (Å²) in [5.41, 5.74) is 0.203. The largest absolute Gasteiger partial charge is 0.374 e. The van der Waals surface area contributed by atoms with Gasteiger partial charge in [-0.05, 0) is 18.9 Å². The van der Waals surface area contributed by atoms with E-state index in [1.54, 1.807) is 0 Å². The highest BCUT2D eigenvalue weighted by Crippen LogP contribution is 2.15. The van der Waals surface area contributed by atoms with E-state index in [9.17, 15) is 14.4 Å². The van der Waals surface area contributed by atoms with Crippen LogP contribution in [0.4, 0.5) is 0 Å². The highest BCUT2D eigenvalue weighted by Gasteiger charge is 2.07. The zero-order chi connectivity index (χ0) is 18.2. The lowest BCUT2D eigenvalue weighted by Crippen LogP contribution is -2.40. The Hall–Kier alpha value is -2.67. The van der Waals surface area contributed by atoms with Crippen molar-refractivity contribution in [2.24, 2.45) is 7.05 Å². The zero-order valence-electron chi connectivity index (χ0n) is 14.5. The van der Waals surface area contributed by atoms with Crippen molar-refractivity contribution in [2.45, 2.75) is 26.0 Å². The third kappa shape index (κ3) is 5.42. The van der Waals surface area contributed by atoms with Crippen molar-refractivity contribution in [3.05, 3.63) is 69.0 Å². The van der Waals surface area contributed by atoms with Gasteiger partial charge in [-0.3, -0.25) is 18.7 Å². The van der Waals surface area contributed by atoms with Crippen molar-refractivity contribution >= 4 is 5.91 Å². The topological polar surface area (TPSA) is 82.3 Å². The maximum atomic E-state index is 11.9. The molecule has 0 radical (unpaired) electrons. The van der Waals surface area contributed by atoms with Gasteiger partial charge in [-0.1, -0.05) is 30.3 Å². The molecule has 7 heteroatoms. The molecule has 1 aromatic heterocycles. The number of hydrogen-bond donors (Lipinski definition) is 1. The van der Waals surface area contributed by atoms with Gasteiger partial charge in [-0.2, -0.15) is 0 Å². The molecule has 1 unspecified atom stereocenters. The molecule has 1 N–H and O–H groups in total. The number of nitrogens with zero attached hydrogens (tertiary/aromatic N) is 2. The van der Waals surface area contributed by atoms with E-state index in [2.05, 4.69) is 5.32 Å². The number of rotatable bonds is 8. The first-order chi connectivity index (χ1) is 12.0. The number of nitrogens with one attached hydrogen (secondary N) is 1. The summed E-state index contributed by atoms with van der Waals surface area (Å²) in [5.74, 6) is -0.281. The summed E-state index contributed by atoms with van der Waals surface area (Å²) >= 11 is 0. The van der Waals surface area contributed by atoms with Gasteiger partial charge in [-0.25, -0.2) is 4.79 Å². The SMILES string of the molecule is CC(OCCCNC(=O)Cn1ccc(=O)n(C)c1=O)c1ccccc1. The lowest BCUT2D eigenvalue weighted by molar-refractivity contribution is -0.121. The van der Waals surface area contributed by atoms with Crippen LogP contribution in [0.2, 0.25) is 0 Å². The molecule has 0 saturated heterocycles. The van der Waals surface area contributed by atoms with Gasteiger partial charge in [0, 0.05) is 32.5 Å². The van der Waals surface area contributed by atoms with Crippen molar-refractivity contribution in [1.82, 2.24) is 14.5 Å². The molecule has 0 aliphatic carbocycles. The maximum Gasteiger partial charge on any atom is 0.331 e. The average Bonchev–Trinajstić information content (AvgIpc) is 2.62. The molecule has 134 valence electrons. The van der Waals surface area contributed by atoms with Crippen LogP contribution < -0.4 is 16.6 Å². The van der Waals surface area contributed by atoms with E-state index in [-0.39, 0.29) is 18.6 Å². The minimum atomic E-state index is -0.511. The molecule has 0 aliphatic rings. The lowest BCUT2D eigenvalue weighted by atomic mass is 10.1. The van der Waals surface area contributed by atoms with Crippen LogP contribution in [-0.4, -0.2) is 28.2 Å². The molecular formula is C18H23N3O4. The molecule has 2 aromatic rings. The zero-order valence-corrected chi connectivity index (χ0v) is 14.5. The summed E-state index contributed by atoms with van der Waals surface area (Å²) in [5, 5.41) is 2.74. The Balaban J connectivity index is 1.70. The van der Waals surface area contributed by atoms with Crippen LogP contribution in [0.5, 0.6) is 0 Å². The number of hydrogen-bond acceptors (Lipinski definition) is 4. The quantitative estimate of drug-likeness (QED) is 0.719. The summed E-state index contributed by atoms with van der Waals surface area (Å²) in [4.78, 5) is 35.0. The fourth-order valence-electron chi connectivity index (χ4n) is 2.33. The van der Waals surface area contributed by atoms with E-state index in [4.69, 9.17) is 4.74 Å². The van der Waals surface area contributed by atoms with Gasteiger partial charge < -0.3 is 10.1 Å². The van der Waals surface area contributed by atoms with Crippen LogP contribution in [0.1, 0.15) is 25.0 Å². The maximum absolute atomic E-state index is 11.9. The van der Waals surface area contributed by atoms with E-state index >= 15 is 0 Å². The first-order valence-electron chi connectivity index (χ1n) is 8.19. The molecule has 1 heterocycles. The summed E-state index contributed by atoms with van der Waals surface area (Å²) in [7, 11) is 1.38. The minimum absolute atomic E-state index is 0.00100. The van der Waals surface area contributed by atoms with Crippen molar-refractivity contribution in [3.8, 4) is 0 Å². The Bertz CT molecular complexity index is 811. The van der Waals surface area contributed by atoms with E-state index in [1.165, 1.54) is 23.9 Å². The summed E-state index contributed by atoms with van der Waals surface area (Å²) in [6, 6.07) is 11.2. The van der Waals surface area contributed by atoms with Crippen LogP contribution in [0.15, 0.2) is 52.2 Å². The van der Waals surface area contributed by atoms with Crippen LogP contribution >= 0.6 is 0 Å². The van der Waals surface area contributed by atoms with Gasteiger partial charge in [0.15, 0.2) is 0 Å². The standard InChI is InChI=1S/C18H23N3O4/c1-14(15-7-4-3-5-8-15)25-12-6-10-19-16(22)13-21-11-9-17(23)20(2)18(21)24/h3-5,7-9,11,14H,6,10,12-13H2,1-2H3,(H,19,22). The molecule has 2 rings (SSSR count). The van der Waals surface area contributed by atoms with Gasteiger partial charge in [0.25, 0.3) is 5.56 Å². The van der Waals surface area contributed by atoms with Crippen molar-refractivity contribution in [2.75, 3.05) is 13.2 Å². The Morgan fingerprint density at radius 3 is 2.64 bits per heavy atom. The third-order valence-electron chi connectivity index (χ3n) is 3.85. The lowest BCUT2D eigenvalue weighted by Gasteiger charge is -2.13. The van der Waals surface area contributed by atoms with Crippen LogP contribution in [0, 0.1) is 0 Å². The minimum Gasteiger partial charge on any atom is -0.374 e. The fraction of sp³-hybridized carbons (Fsp3) is 0.389. The molecule has 25 heavy (non-hydrogen) atoms. The van der Waals surface area contributed by atoms with Crippen molar-refractivity contribution in [3.63, 3.8) is 0 Å². The van der Waals surface area contributed by atoms with Crippen molar-refractivity contribution in [1.29, 1.82) is 0 Å². The Kier molecular flexibility index (Phi) is 6.71. The predicted molar refractivity (Wildman–Crippen MR) is 94.4 cm³/mol. The third-order valence-corrected chi connectivity index (χ3v) is 3.85. The molecule has 7 nitrogen and oxygen atoms in total. The summed E-state index contributed by atoms with van der Waals surface area (Å²) in [6.07, 6.45) is 2.00. The van der Waals surface area contributed by atoms with E-state index < -0.39 is 11.2 Å². The molecule has 0 fully saturated rings. The number of carbonyl (C=O) groups is 1. The molecule has 0 saturated carbocycles. The van der Waals surface area contributed by atoms with E-state index in [0.717, 1.165) is 10.1 Å². The van der Waals surface area contributed by atoms with Gasteiger partial charge in [0.2, 0.25) is 5.91 Å². The predicted octanol–water partition coefficient (Wildman–Crippen LogP) is 0.831. The second kappa shape index (κ2) is 8.98. The molecule has 1 atom stereocenters. The average molecular weight is 345 g/mol. The molecular weight excluding hydrogens is 322 g/mol. The normalized spacial score (nSPS) is 11.9. The monoisotopic (exact) mass is 345 g/mol. The van der Waals surface area contributed by atoms with Gasteiger partial charge in [0.05, 0.1) is 6.10 Å². The highest BCUT2D eigenvalue weighted by molar-refractivity contribution is 5.75. The first kappa shape index (κ1) is 18.7. The number of amides is 1. The van der Waals surface area contributed by atoms with Crippen LogP contribution in [0.25, 0.3) is 0 Å². The number of carbonyl (C=O) groups excluding carboxylic acids is 1. The number of benzene rings is 1. The second-order valence-electron chi connectivity index (χ2n) is 5.75. The van der Waals surface area contributed by atoms with Crippen LogP contribution in [0.3, 0.4) is 0 Å². The van der Waals surface area contributed by atoms with Crippen LogP contribution in [-0.2, 0) is 23.1 Å². The molecule has 1 aromatic carbocycles. The highest BCUT2D eigenvalue weighted by atomic mass is 16.5. The fourth-order valence-corrected chi connectivity index (χ4v) is 2.33. The smallest absolute Gasteiger partial charge is 0.331 e. The van der Waals surface area contributed by atoms with Crippen molar-refractivity contribution < 1.29 is 9.53 Å². The van der Waals surface area contributed by atoms with E-state index in [0.29, 0.717) is 19.6 Å². The number of aromatic nitrogens is 2.